The molecule has 3 aliphatic rings. The van der Waals surface area contributed by atoms with Gasteiger partial charge in [-0.15, -0.1) is 11.8 Å². The van der Waals surface area contributed by atoms with Crippen LogP contribution >= 0.6 is 11.8 Å². The Hall–Kier alpha value is -1.69. The van der Waals surface area contributed by atoms with Gasteiger partial charge in [-0.1, -0.05) is 19.1 Å². The average Bonchev–Trinajstić information content (AvgIpc) is 3.50. The highest BCUT2D eigenvalue weighted by atomic mass is 32.2. The Balaban J connectivity index is 1.39. The van der Waals surface area contributed by atoms with Crippen molar-refractivity contribution in [2.45, 2.75) is 42.9 Å². The van der Waals surface area contributed by atoms with Crippen LogP contribution in [-0.2, 0) is 9.59 Å². The van der Waals surface area contributed by atoms with Gasteiger partial charge in [-0.25, -0.2) is 0 Å². The summed E-state index contributed by atoms with van der Waals surface area (Å²) in [6, 6.07) is 8.68. The maximum Gasteiger partial charge on any atom is 0.242 e. The van der Waals surface area contributed by atoms with Gasteiger partial charge in [0.2, 0.25) is 11.8 Å². The lowest BCUT2D eigenvalue weighted by atomic mass is 10.1. The molecule has 1 aliphatic carbocycles. The van der Waals surface area contributed by atoms with Crippen LogP contribution in [-0.4, -0.2) is 65.6 Å². The highest BCUT2D eigenvalue weighted by molar-refractivity contribution is 8.00. The molecular weight excluding hydrogens is 346 g/mol. The number of rotatable bonds is 3. The van der Waals surface area contributed by atoms with Crippen molar-refractivity contribution in [2.75, 3.05) is 37.6 Å². The first-order valence-corrected chi connectivity index (χ1v) is 10.5. The molecule has 0 aromatic heterocycles. The molecule has 2 heterocycles. The number of hydrogen-bond acceptors (Lipinski definition) is 4. The number of carbonyl (C=O) groups is 2. The van der Waals surface area contributed by atoms with Crippen LogP contribution in [0.15, 0.2) is 29.2 Å². The Kier molecular flexibility index (Phi) is 4.86. The molecule has 1 aromatic rings. The van der Waals surface area contributed by atoms with Crippen LogP contribution in [0.25, 0.3) is 0 Å². The van der Waals surface area contributed by atoms with E-state index in [-0.39, 0.29) is 11.8 Å². The Morgan fingerprint density at radius 2 is 1.69 bits per heavy atom. The summed E-state index contributed by atoms with van der Waals surface area (Å²) in [6.07, 6.45) is 2.08. The Morgan fingerprint density at radius 3 is 2.38 bits per heavy atom. The molecule has 26 heavy (non-hydrogen) atoms. The zero-order valence-corrected chi connectivity index (χ0v) is 16.4. The molecule has 2 unspecified atom stereocenters. The minimum atomic E-state index is 0.171. The van der Waals surface area contributed by atoms with Crippen molar-refractivity contribution in [2.24, 2.45) is 5.92 Å². The lowest BCUT2D eigenvalue weighted by molar-refractivity contribution is -0.139. The Morgan fingerprint density at radius 1 is 1.04 bits per heavy atom. The lowest BCUT2D eigenvalue weighted by Gasteiger charge is -2.42. The number of hydrogen-bond donors (Lipinski definition) is 0. The van der Waals surface area contributed by atoms with E-state index in [0.29, 0.717) is 49.9 Å². The van der Waals surface area contributed by atoms with Crippen LogP contribution in [0.1, 0.15) is 26.7 Å². The molecule has 2 amide bonds. The van der Waals surface area contributed by atoms with Crippen LogP contribution in [0.4, 0.5) is 5.69 Å². The lowest BCUT2D eigenvalue weighted by Crippen LogP contribution is -2.54. The number of benzene rings is 1. The summed E-state index contributed by atoms with van der Waals surface area (Å²) >= 11 is 1.89. The van der Waals surface area contributed by atoms with Crippen LogP contribution in [0.5, 0.6) is 0 Å². The molecule has 0 N–H and O–H groups in total. The molecule has 0 radical (unpaired) electrons. The third-order valence-electron chi connectivity index (χ3n) is 5.83. The maximum absolute atomic E-state index is 12.9. The molecule has 5 nitrogen and oxygen atoms in total. The molecular formula is C20H27N3O2S. The monoisotopic (exact) mass is 373 g/mol. The predicted molar refractivity (Wildman–Crippen MR) is 104 cm³/mol. The van der Waals surface area contributed by atoms with E-state index in [1.54, 1.807) is 0 Å². The van der Waals surface area contributed by atoms with Gasteiger partial charge in [0.05, 0.1) is 12.2 Å². The molecule has 1 aromatic carbocycles. The third kappa shape index (κ3) is 3.43. The van der Waals surface area contributed by atoms with E-state index in [1.165, 1.54) is 10.6 Å². The number of piperazine rings is 1. The molecule has 1 saturated heterocycles. The molecule has 2 aliphatic heterocycles. The van der Waals surface area contributed by atoms with Gasteiger partial charge in [-0.3, -0.25) is 9.59 Å². The maximum atomic E-state index is 12.9. The normalized spacial score (nSPS) is 25.8. The first-order valence-electron chi connectivity index (χ1n) is 9.63. The van der Waals surface area contributed by atoms with Crippen LogP contribution < -0.4 is 4.90 Å². The summed E-state index contributed by atoms with van der Waals surface area (Å²) in [5.41, 5.74) is 1.17. The standard InChI is InChI=1S/C20H27N3O2S/c1-14-15(2)26-18-6-4-3-5-17(18)23(14)13-19(24)21-9-11-22(12-10-21)20(25)16-7-8-16/h3-6,14-16H,7-13H2,1-2H3. The predicted octanol–water partition coefficient (Wildman–Crippen LogP) is 2.46. The second-order valence-corrected chi connectivity index (χ2v) is 9.06. The molecule has 0 bridgehead atoms. The van der Waals surface area contributed by atoms with Crippen molar-refractivity contribution in [1.29, 1.82) is 0 Å². The molecule has 0 spiro atoms. The van der Waals surface area contributed by atoms with Crippen molar-refractivity contribution in [1.82, 2.24) is 9.80 Å². The van der Waals surface area contributed by atoms with Gasteiger partial charge >= 0.3 is 0 Å². The van der Waals surface area contributed by atoms with Gasteiger partial charge in [0.25, 0.3) is 0 Å². The van der Waals surface area contributed by atoms with Crippen LogP contribution in [0, 0.1) is 5.92 Å². The quantitative estimate of drug-likeness (QED) is 0.816. The van der Waals surface area contributed by atoms with Crippen molar-refractivity contribution >= 4 is 29.3 Å². The van der Waals surface area contributed by atoms with Crippen molar-refractivity contribution < 1.29 is 9.59 Å². The van der Waals surface area contributed by atoms with Gasteiger partial charge in [0.15, 0.2) is 0 Å². The number of thioether (sulfide) groups is 1. The number of nitrogens with zero attached hydrogens (tertiary/aromatic N) is 3. The first kappa shape index (κ1) is 17.7. The zero-order valence-electron chi connectivity index (χ0n) is 15.6. The van der Waals surface area contributed by atoms with E-state index in [2.05, 4.69) is 36.9 Å². The molecule has 1 saturated carbocycles. The fourth-order valence-electron chi connectivity index (χ4n) is 3.81. The van der Waals surface area contributed by atoms with Gasteiger partial charge in [-0.2, -0.15) is 0 Å². The summed E-state index contributed by atoms with van der Waals surface area (Å²) < 4.78 is 0. The van der Waals surface area contributed by atoms with E-state index < -0.39 is 0 Å². The highest BCUT2D eigenvalue weighted by Gasteiger charge is 2.36. The summed E-state index contributed by atoms with van der Waals surface area (Å²) in [4.78, 5) is 32.5. The second-order valence-electron chi connectivity index (χ2n) is 7.64. The van der Waals surface area contributed by atoms with Crippen molar-refractivity contribution in [3.8, 4) is 0 Å². The minimum Gasteiger partial charge on any atom is -0.357 e. The molecule has 4 rings (SSSR count). The van der Waals surface area contributed by atoms with Gasteiger partial charge in [0.1, 0.15) is 0 Å². The van der Waals surface area contributed by atoms with Gasteiger partial charge < -0.3 is 14.7 Å². The smallest absolute Gasteiger partial charge is 0.242 e. The number of fused-ring (bicyclic) bond motifs is 1. The van der Waals surface area contributed by atoms with E-state index in [9.17, 15) is 9.59 Å². The Bertz CT molecular complexity index is 698. The van der Waals surface area contributed by atoms with Gasteiger partial charge in [-0.05, 0) is 31.9 Å². The molecule has 6 heteroatoms. The van der Waals surface area contributed by atoms with E-state index >= 15 is 0 Å². The molecule has 2 atom stereocenters. The number of anilines is 1. The zero-order chi connectivity index (χ0) is 18.3. The van der Waals surface area contributed by atoms with E-state index in [0.717, 1.165) is 12.8 Å². The SMILES string of the molecule is CC1Sc2ccccc2N(CC(=O)N2CCN(C(=O)C3CC3)CC2)C1C. The number of amides is 2. The topological polar surface area (TPSA) is 43.9 Å². The number of para-hydroxylation sites is 1. The first-order chi connectivity index (χ1) is 12.5. The molecule has 2 fully saturated rings. The highest BCUT2D eigenvalue weighted by Crippen LogP contribution is 2.41. The van der Waals surface area contributed by atoms with E-state index in [4.69, 9.17) is 0 Å². The van der Waals surface area contributed by atoms with E-state index in [1.807, 2.05) is 27.6 Å². The summed E-state index contributed by atoms with van der Waals surface area (Å²) in [5, 5.41) is 0.450. The summed E-state index contributed by atoms with van der Waals surface area (Å²) in [7, 11) is 0. The fraction of sp³-hybridized carbons (Fsp3) is 0.600. The van der Waals surface area contributed by atoms with Crippen LogP contribution in [0.3, 0.4) is 0 Å². The third-order valence-corrected chi connectivity index (χ3v) is 7.20. The summed E-state index contributed by atoms with van der Waals surface area (Å²) in [6.45, 7) is 7.52. The minimum absolute atomic E-state index is 0.171. The second kappa shape index (κ2) is 7.14. The summed E-state index contributed by atoms with van der Waals surface area (Å²) in [5.74, 6) is 0.729. The van der Waals surface area contributed by atoms with Gasteiger partial charge in [0, 0.05) is 48.3 Å². The fourth-order valence-corrected chi connectivity index (χ4v) is 5.01. The average molecular weight is 374 g/mol. The largest absolute Gasteiger partial charge is 0.357 e. The number of carbonyl (C=O) groups excluding carboxylic acids is 2. The Labute approximate surface area is 159 Å². The van der Waals surface area contributed by atoms with Crippen LogP contribution in [0.2, 0.25) is 0 Å². The van der Waals surface area contributed by atoms with Crippen molar-refractivity contribution in [3.05, 3.63) is 24.3 Å². The molecule has 140 valence electrons. The van der Waals surface area contributed by atoms with Crippen molar-refractivity contribution in [3.63, 3.8) is 0 Å².